The van der Waals surface area contributed by atoms with Gasteiger partial charge in [-0.1, -0.05) is 29.8 Å². The van der Waals surface area contributed by atoms with E-state index in [0.29, 0.717) is 5.88 Å². The molecule has 18 heavy (non-hydrogen) atoms. The molecule has 0 fully saturated rings. The highest BCUT2D eigenvalue weighted by atomic mass is 16.5. The highest BCUT2D eigenvalue weighted by Gasteiger charge is 2.09. The Hall–Kier alpha value is -1.94. The zero-order valence-electron chi connectivity index (χ0n) is 10.6. The number of nitrogens with zero attached hydrogens (tertiary/aromatic N) is 2. The highest BCUT2D eigenvalue weighted by Crippen LogP contribution is 2.15. The summed E-state index contributed by atoms with van der Waals surface area (Å²) in [5.74, 6) is 0.501. The van der Waals surface area contributed by atoms with Crippen LogP contribution in [0.1, 0.15) is 22.9 Å². The molecule has 0 saturated heterocycles. The van der Waals surface area contributed by atoms with Crippen LogP contribution in [-0.4, -0.2) is 17.3 Å². The molecule has 1 unspecified atom stereocenters. The molecule has 0 spiro atoms. The van der Waals surface area contributed by atoms with E-state index >= 15 is 0 Å². The summed E-state index contributed by atoms with van der Waals surface area (Å²) in [7, 11) is 1.57. The zero-order valence-corrected chi connectivity index (χ0v) is 10.6. The van der Waals surface area contributed by atoms with Gasteiger partial charge in [0.15, 0.2) is 0 Å². The van der Waals surface area contributed by atoms with Crippen molar-refractivity contribution in [3.05, 3.63) is 53.2 Å². The minimum Gasteiger partial charge on any atom is -0.480 e. The van der Waals surface area contributed by atoms with Gasteiger partial charge < -0.3 is 10.5 Å². The van der Waals surface area contributed by atoms with E-state index in [4.69, 9.17) is 10.5 Å². The van der Waals surface area contributed by atoms with Crippen LogP contribution in [0.2, 0.25) is 0 Å². The van der Waals surface area contributed by atoms with E-state index in [-0.39, 0.29) is 6.04 Å². The smallest absolute Gasteiger partial charge is 0.233 e. The van der Waals surface area contributed by atoms with Gasteiger partial charge in [-0.3, -0.25) is 0 Å². The maximum absolute atomic E-state index is 6.11. The Bertz CT molecular complexity index is 493. The van der Waals surface area contributed by atoms with Crippen LogP contribution < -0.4 is 10.5 Å². The second kappa shape index (κ2) is 5.60. The van der Waals surface area contributed by atoms with Crippen molar-refractivity contribution in [2.45, 2.75) is 19.4 Å². The lowest BCUT2D eigenvalue weighted by Gasteiger charge is -2.11. The fourth-order valence-corrected chi connectivity index (χ4v) is 1.72. The van der Waals surface area contributed by atoms with Gasteiger partial charge in [0.2, 0.25) is 5.88 Å². The van der Waals surface area contributed by atoms with E-state index in [1.54, 1.807) is 13.2 Å². The lowest BCUT2D eigenvalue weighted by Crippen LogP contribution is -2.15. The van der Waals surface area contributed by atoms with Crippen molar-refractivity contribution in [3.8, 4) is 5.88 Å². The van der Waals surface area contributed by atoms with E-state index in [2.05, 4.69) is 41.4 Å². The number of benzene rings is 1. The average Bonchev–Trinajstić information content (AvgIpc) is 2.41. The van der Waals surface area contributed by atoms with Crippen LogP contribution in [0.5, 0.6) is 5.88 Å². The van der Waals surface area contributed by atoms with Gasteiger partial charge in [-0.05, 0) is 25.0 Å². The first kappa shape index (κ1) is 12.5. The molecule has 4 nitrogen and oxygen atoms in total. The first-order chi connectivity index (χ1) is 8.69. The quantitative estimate of drug-likeness (QED) is 0.892. The van der Waals surface area contributed by atoms with E-state index in [9.17, 15) is 0 Å². The summed E-state index contributed by atoms with van der Waals surface area (Å²) in [5, 5.41) is 7.98. The number of methoxy groups -OCH3 is 1. The molecule has 1 aromatic carbocycles. The average molecular weight is 243 g/mol. The molecule has 2 aromatic rings. The second-order valence-corrected chi connectivity index (χ2v) is 4.30. The third kappa shape index (κ3) is 3.05. The van der Waals surface area contributed by atoms with E-state index in [0.717, 1.165) is 12.1 Å². The van der Waals surface area contributed by atoms with Gasteiger partial charge in [0.25, 0.3) is 0 Å². The molecule has 0 amide bonds. The van der Waals surface area contributed by atoms with Crippen LogP contribution >= 0.6 is 0 Å². The molecule has 0 bridgehead atoms. The van der Waals surface area contributed by atoms with Crippen LogP contribution in [0.25, 0.3) is 0 Å². The normalized spacial score (nSPS) is 12.2. The molecular formula is C14H17N3O. The zero-order chi connectivity index (χ0) is 13.0. The third-order valence-electron chi connectivity index (χ3n) is 2.83. The van der Waals surface area contributed by atoms with Gasteiger partial charge in [0.05, 0.1) is 18.8 Å². The van der Waals surface area contributed by atoms with Crippen molar-refractivity contribution in [3.63, 3.8) is 0 Å². The van der Waals surface area contributed by atoms with Crippen molar-refractivity contribution in [1.82, 2.24) is 10.2 Å². The standard InChI is InChI=1S/C14H17N3O/c1-10-3-5-11(6-4-10)9-12(15)13-7-8-14(18-2)17-16-13/h3-8,12H,9,15H2,1-2H3. The number of rotatable bonds is 4. The molecule has 2 rings (SSSR count). The summed E-state index contributed by atoms with van der Waals surface area (Å²) >= 11 is 0. The molecule has 2 N–H and O–H groups in total. The SMILES string of the molecule is COc1ccc(C(N)Cc2ccc(C)cc2)nn1. The molecule has 1 atom stereocenters. The van der Waals surface area contributed by atoms with E-state index < -0.39 is 0 Å². The predicted octanol–water partition coefficient (Wildman–Crippen LogP) is 2.04. The predicted molar refractivity (Wildman–Crippen MR) is 70.4 cm³/mol. The van der Waals surface area contributed by atoms with Gasteiger partial charge in [0, 0.05) is 6.07 Å². The summed E-state index contributed by atoms with van der Waals surface area (Å²) in [4.78, 5) is 0. The maximum Gasteiger partial charge on any atom is 0.233 e. The summed E-state index contributed by atoms with van der Waals surface area (Å²) in [6.45, 7) is 2.07. The van der Waals surface area contributed by atoms with E-state index in [1.165, 1.54) is 11.1 Å². The van der Waals surface area contributed by atoms with Crippen molar-refractivity contribution in [1.29, 1.82) is 0 Å². The lowest BCUT2D eigenvalue weighted by molar-refractivity contribution is 0.390. The monoisotopic (exact) mass is 243 g/mol. The molecule has 1 aromatic heterocycles. The Morgan fingerprint density at radius 3 is 2.39 bits per heavy atom. The maximum atomic E-state index is 6.11. The minimum absolute atomic E-state index is 0.147. The van der Waals surface area contributed by atoms with Gasteiger partial charge in [-0.25, -0.2) is 0 Å². The van der Waals surface area contributed by atoms with Crippen molar-refractivity contribution < 1.29 is 4.74 Å². The molecule has 1 heterocycles. The summed E-state index contributed by atoms with van der Waals surface area (Å²) in [5.41, 5.74) is 9.33. The van der Waals surface area contributed by atoms with Crippen LogP contribution in [-0.2, 0) is 6.42 Å². The Morgan fingerprint density at radius 1 is 1.11 bits per heavy atom. The van der Waals surface area contributed by atoms with Crippen LogP contribution in [0, 0.1) is 6.92 Å². The topological polar surface area (TPSA) is 61.0 Å². The van der Waals surface area contributed by atoms with Gasteiger partial charge >= 0.3 is 0 Å². The number of hydrogen-bond donors (Lipinski definition) is 1. The van der Waals surface area contributed by atoms with Crippen molar-refractivity contribution in [2.24, 2.45) is 5.73 Å². The molecule has 4 heteroatoms. The summed E-state index contributed by atoms with van der Waals surface area (Å²) in [6.07, 6.45) is 0.751. The third-order valence-corrected chi connectivity index (χ3v) is 2.83. The molecule has 0 aliphatic carbocycles. The highest BCUT2D eigenvalue weighted by molar-refractivity contribution is 5.23. The first-order valence-electron chi connectivity index (χ1n) is 5.88. The fraction of sp³-hybridized carbons (Fsp3) is 0.286. The number of aromatic nitrogens is 2. The van der Waals surface area contributed by atoms with E-state index in [1.807, 2.05) is 6.07 Å². The number of nitrogens with two attached hydrogens (primary N) is 1. The van der Waals surface area contributed by atoms with Gasteiger partial charge in [-0.2, -0.15) is 5.10 Å². The Labute approximate surface area is 107 Å². The number of aryl methyl sites for hydroxylation is 1. The molecule has 0 saturated carbocycles. The van der Waals surface area contributed by atoms with Crippen molar-refractivity contribution in [2.75, 3.05) is 7.11 Å². The number of hydrogen-bond acceptors (Lipinski definition) is 4. The summed E-state index contributed by atoms with van der Waals surface area (Å²) < 4.78 is 4.97. The lowest BCUT2D eigenvalue weighted by atomic mass is 10.0. The van der Waals surface area contributed by atoms with Crippen LogP contribution in [0.4, 0.5) is 0 Å². The van der Waals surface area contributed by atoms with Gasteiger partial charge in [-0.15, -0.1) is 5.10 Å². The molecular weight excluding hydrogens is 226 g/mol. The molecule has 0 aliphatic heterocycles. The minimum atomic E-state index is -0.147. The Balaban J connectivity index is 2.06. The van der Waals surface area contributed by atoms with Crippen LogP contribution in [0.3, 0.4) is 0 Å². The summed E-state index contributed by atoms with van der Waals surface area (Å²) in [6, 6.07) is 11.8. The molecule has 0 aliphatic rings. The first-order valence-corrected chi connectivity index (χ1v) is 5.88. The Morgan fingerprint density at radius 2 is 1.83 bits per heavy atom. The fourth-order valence-electron chi connectivity index (χ4n) is 1.72. The number of ether oxygens (including phenoxy) is 1. The van der Waals surface area contributed by atoms with Gasteiger partial charge in [0.1, 0.15) is 0 Å². The second-order valence-electron chi connectivity index (χ2n) is 4.30. The van der Waals surface area contributed by atoms with Crippen LogP contribution in [0.15, 0.2) is 36.4 Å². The molecule has 94 valence electrons. The molecule has 0 radical (unpaired) electrons. The Kier molecular flexibility index (Phi) is 3.89. The largest absolute Gasteiger partial charge is 0.480 e. The van der Waals surface area contributed by atoms with Crippen molar-refractivity contribution >= 4 is 0 Å².